The predicted molar refractivity (Wildman–Crippen MR) is 85.4 cm³/mol. The van der Waals surface area contributed by atoms with Crippen molar-refractivity contribution in [2.45, 2.75) is 45.0 Å². The van der Waals surface area contributed by atoms with Gasteiger partial charge < -0.3 is 4.57 Å². The molecule has 1 aliphatic rings. The van der Waals surface area contributed by atoms with Gasteiger partial charge in [-0.05, 0) is 30.7 Å². The molecule has 0 spiro atoms. The van der Waals surface area contributed by atoms with Crippen LogP contribution in [0.5, 0.6) is 0 Å². The molecule has 0 unspecified atom stereocenters. The van der Waals surface area contributed by atoms with Crippen LogP contribution in [0.4, 0.5) is 4.39 Å². The first-order valence-electron chi connectivity index (χ1n) is 7.48. The smallest absolute Gasteiger partial charge is 0.144 e. The molecule has 1 aliphatic carbocycles. The molecule has 3 rings (SSSR count). The first kappa shape index (κ1) is 15.1. The molecule has 0 amide bonds. The zero-order valence-corrected chi connectivity index (χ0v) is 13.6. The average molecular weight is 329 g/mol. The van der Waals surface area contributed by atoms with Crippen molar-refractivity contribution >= 4 is 34.2 Å². The molecule has 1 heterocycles. The van der Waals surface area contributed by atoms with Gasteiger partial charge >= 0.3 is 0 Å². The Morgan fingerprint density at radius 2 is 2.00 bits per heavy atom. The minimum Gasteiger partial charge on any atom is -0.327 e. The number of halogens is 3. The van der Waals surface area contributed by atoms with Gasteiger partial charge in [-0.2, -0.15) is 0 Å². The van der Waals surface area contributed by atoms with Crippen LogP contribution in [0.1, 0.15) is 38.4 Å². The van der Waals surface area contributed by atoms with Gasteiger partial charge in [0, 0.05) is 12.6 Å². The summed E-state index contributed by atoms with van der Waals surface area (Å²) in [5.41, 5.74) is 1.52. The number of benzene rings is 1. The zero-order chi connectivity index (χ0) is 15.0. The van der Waals surface area contributed by atoms with Crippen molar-refractivity contribution in [2.75, 3.05) is 0 Å². The summed E-state index contributed by atoms with van der Waals surface area (Å²) in [6, 6.07) is 3.06. The van der Waals surface area contributed by atoms with Gasteiger partial charge in [-0.3, -0.25) is 0 Å². The van der Waals surface area contributed by atoms with Crippen LogP contribution < -0.4 is 0 Å². The van der Waals surface area contributed by atoms with E-state index in [1.807, 2.05) is 0 Å². The Morgan fingerprint density at radius 1 is 1.29 bits per heavy atom. The fourth-order valence-electron chi connectivity index (χ4n) is 3.25. The normalized spacial score (nSPS) is 22.9. The van der Waals surface area contributed by atoms with Gasteiger partial charge in [0.1, 0.15) is 11.6 Å². The minimum absolute atomic E-state index is 0.141. The molecule has 0 saturated heterocycles. The number of hydrogen-bond acceptors (Lipinski definition) is 1. The summed E-state index contributed by atoms with van der Waals surface area (Å²) in [4.78, 5) is 4.45. The molecule has 1 aromatic heterocycles. The van der Waals surface area contributed by atoms with E-state index in [1.165, 1.54) is 31.7 Å². The molecule has 2 aromatic rings. The van der Waals surface area contributed by atoms with Gasteiger partial charge in [-0.15, -0.1) is 11.6 Å². The highest BCUT2D eigenvalue weighted by Gasteiger charge is 2.21. The summed E-state index contributed by atoms with van der Waals surface area (Å²) >= 11 is 11.9. The SMILES string of the molecule is CC1CCC(Cn2c(CCl)nc3cc(F)c(Cl)cc32)CC1. The topological polar surface area (TPSA) is 17.8 Å². The maximum Gasteiger partial charge on any atom is 0.144 e. The number of fused-ring (bicyclic) bond motifs is 1. The molecule has 0 aliphatic heterocycles. The van der Waals surface area contributed by atoms with Crippen LogP contribution in [0.25, 0.3) is 11.0 Å². The van der Waals surface area contributed by atoms with E-state index >= 15 is 0 Å². The third-order valence-corrected chi connectivity index (χ3v) is 5.09. The summed E-state index contributed by atoms with van der Waals surface area (Å²) in [7, 11) is 0. The highest BCUT2D eigenvalue weighted by molar-refractivity contribution is 6.31. The number of rotatable bonds is 3. The molecule has 21 heavy (non-hydrogen) atoms. The fraction of sp³-hybridized carbons (Fsp3) is 0.562. The molecular weight excluding hydrogens is 310 g/mol. The van der Waals surface area contributed by atoms with E-state index < -0.39 is 5.82 Å². The molecule has 2 nitrogen and oxygen atoms in total. The maximum atomic E-state index is 13.6. The van der Waals surface area contributed by atoms with E-state index in [4.69, 9.17) is 23.2 Å². The standard InChI is InChI=1S/C16H19Cl2FN2/c1-10-2-4-11(5-3-10)9-21-15-6-12(18)13(19)7-14(15)20-16(21)8-17/h6-7,10-11H,2-5,8-9H2,1H3. The predicted octanol–water partition coefficient (Wildman–Crippen LogP) is 5.39. The molecular formula is C16H19Cl2FN2. The third-order valence-electron chi connectivity index (χ3n) is 4.57. The maximum absolute atomic E-state index is 13.6. The van der Waals surface area contributed by atoms with Gasteiger partial charge in [0.25, 0.3) is 0 Å². The molecule has 5 heteroatoms. The van der Waals surface area contributed by atoms with E-state index in [2.05, 4.69) is 16.5 Å². The Morgan fingerprint density at radius 3 is 2.67 bits per heavy atom. The molecule has 0 radical (unpaired) electrons. The Labute approximate surface area is 134 Å². The lowest BCUT2D eigenvalue weighted by atomic mass is 9.83. The molecule has 1 saturated carbocycles. The molecule has 114 valence electrons. The van der Waals surface area contributed by atoms with Crippen molar-refractivity contribution in [3.63, 3.8) is 0 Å². The molecule has 1 fully saturated rings. The van der Waals surface area contributed by atoms with Crippen molar-refractivity contribution < 1.29 is 4.39 Å². The largest absolute Gasteiger partial charge is 0.327 e. The van der Waals surface area contributed by atoms with Crippen molar-refractivity contribution in [1.82, 2.24) is 9.55 Å². The van der Waals surface area contributed by atoms with Crippen LogP contribution in [0.15, 0.2) is 12.1 Å². The van der Waals surface area contributed by atoms with Crippen molar-refractivity contribution in [3.05, 3.63) is 28.8 Å². The van der Waals surface area contributed by atoms with E-state index in [9.17, 15) is 4.39 Å². The van der Waals surface area contributed by atoms with E-state index in [1.54, 1.807) is 6.07 Å². The number of hydrogen-bond donors (Lipinski definition) is 0. The van der Waals surface area contributed by atoms with Gasteiger partial charge in [-0.1, -0.05) is 31.4 Å². The number of nitrogens with zero attached hydrogens (tertiary/aromatic N) is 2. The number of alkyl halides is 1. The quantitative estimate of drug-likeness (QED) is 0.690. The molecule has 0 bridgehead atoms. The van der Waals surface area contributed by atoms with Gasteiger partial charge in [0.15, 0.2) is 0 Å². The number of aromatic nitrogens is 2. The first-order chi connectivity index (χ1) is 10.1. The third kappa shape index (κ3) is 3.04. The van der Waals surface area contributed by atoms with Crippen molar-refractivity contribution in [3.8, 4) is 0 Å². The van der Waals surface area contributed by atoms with Crippen LogP contribution in [0.3, 0.4) is 0 Å². The van der Waals surface area contributed by atoms with E-state index in [-0.39, 0.29) is 5.02 Å². The van der Waals surface area contributed by atoms with Crippen LogP contribution in [0.2, 0.25) is 5.02 Å². The lowest BCUT2D eigenvalue weighted by Crippen LogP contribution is -2.18. The Kier molecular flexibility index (Phi) is 4.41. The van der Waals surface area contributed by atoms with Crippen LogP contribution in [0, 0.1) is 17.7 Å². The van der Waals surface area contributed by atoms with Gasteiger partial charge in [-0.25, -0.2) is 9.37 Å². The second-order valence-electron chi connectivity index (χ2n) is 6.15. The summed E-state index contributed by atoms with van der Waals surface area (Å²) in [6.07, 6.45) is 5.03. The van der Waals surface area contributed by atoms with Crippen LogP contribution >= 0.6 is 23.2 Å². The summed E-state index contributed by atoms with van der Waals surface area (Å²) < 4.78 is 15.7. The monoisotopic (exact) mass is 328 g/mol. The first-order valence-corrected chi connectivity index (χ1v) is 8.40. The molecule has 1 aromatic carbocycles. The summed E-state index contributed by atoms with van der Waals surface area (Å²) in [5.74, 6) is 2.17. The summed E-state index contributed by atoms with van der Waals surface area (Å²) in [6.45, 7) is 3.21. The second-order valence-corrected chi connectivity index (χ2v) is 6.83. The van der Waals surface area contributed by atoms with Crippen molar-refractivity contribution in [1.29, 1.82) is 0 Å². The van der Waals surface area contributed by atoms with E-state index in [0.29, 0.717) is 17.3 Å². The highest BCUT2D eigenvalue weighted by Crippen LogP contribution is 2.32. The van der Waals surface area contributed by atoms with Crippen LogP contribution in [-0.2, 0) is 12.4 Å². The molecule has 0 N–H and O–H groups in total. The van der Waals surface area contributed by atoms with Crippen molar-refractivity contribution in [2.24, 2.45) is 11.8 Å². The lowest BCUT2D eigenvalue weighted by Gasteiger charge is -2.27. The summed E-state index contributed by atoms with van der Waals surface area (Å²) in [5, 5.41) is 0.141. The Hall–Kier alpha value is -0.800. The Balaban J connectivity index is 1.94. The fourth-order valence-corrected chi connectivity index (χ4v) is 3.61. The average Bonchev–Trinajstić information content (AvgIpc) is 2.79. The van der Waals surface area contributed by atoms with E-state index in [0.717, 1.165) is 23.8 Å². The highest BCUT2D eigenvalue weighted by atomic mass is 35.5. The Bertz CT molecular complexity index is 645. The van der Waals surface area contributed by atoms with Gasteiger partial charge in [0.05, 0.1) is 21.9 Å². The minimum atomic E-state index is -0.429. The van der Waals surface area contributed by atoms with Crippen LogP contribution in [-0.4, -0.2) is 9.55 Å². The second kappa shape index (κ2) is 6.13. The number of imidazole rings is 1. The zero-order valence-electron chi connectivity index (χ0n) is 12.1. The lowest BCUT2D eigenvalue weighted by molar-refractivity contribution is 0.265. The molecule has 0 atom stereocenters. The van der Waals surface area contributed by atoms with Gasteiger partial charge in [0.2, 0.25) is 0 Å².